The Kier molecular flexibility index (Phi) is 4.87. The van der Waals surface area contributed by atoms with Gasteiger partial charge in [0.15, 0.2) is 0 Å². The molecule has 0 saturated carbocycles. The molecule has 0 aliphatic carbocycles. The zero-order valence-electron chi connectivity index (χ0n) is 12.8. The van der Waals surface area contributed by atoms with Gasteiger partial charge in [-0.05, 0) is 12.1 Å². The number of rotatable bonds is 7. The largest absolute Gasteiger partial charge is 0.467 e. The predicted molar refractivity (Wildman–Crippen MR) is 79.0 cm³/mol. The van der Waals surface area contributed by atoms with Crippen LogP contribution in [0, 0.1) is 0 Å². The van der Waals surface area contributed by atoms with Gasteiger partial charge in [0.1, 0.15) is 24.0 Å². The topological polar surface area (TPSA) is 76.6 Å². The normalized spacial score (nSPS) is 16.6. The van der Waals surface area contributed by atoms with Crippen LogP contribution in [-0.2, 0) is 30.9 Å². The van der Waals surface area contributed by atoms with Gasteiger partial charge < -0.3 is 18.8 Å². The van der Waals surface area contributed by atoms with Crippen molar-refractivity contribution in [2.75, 3.05) is 19.7 Å². The summed E-state index contributed by atoms with van der Waals surface area (Å²) < 4.78 is 12.8. The minimum absolute atomic E-state index is 0.296. The highest BCUT2D eigenvalue weighted by Crippen LogP contribution is 2.13. The van der Waals surface area contributed by atoms with E-state index in [9.17, 15) is 5.11 Å². The van der Waals surface area contributed by atoms with E-state index >= 15 is 0 Å². The number of furan rings is 1. The zero-order valence-corrected chi connectivity index (χ0v) is 12.8. The molecule has 1 N–H and O–H groups in total. The van der Waals surface area contributed by atoms with E-state index in [0.29, 0.717) is 19.8 Å². The van der Waals surface area contributed by atoms with Crippen LogP contribution in [-0.4, -0.2) is 50.6 Å². The van der Waals surface area contributed by atoms with Crippen LogP contribution >= 0.6 is 0 Å². The van der Waals surface area contributed by atoms with Crippen molar-refractivity contribution in [2.24, 2.45) is 0 Å². The Hall–Kier alpha value is -1.70. The number of ether oxygens (including phenoxy) is 1. The third-order valence-electron chi connectivity index (χ3n) is 3.83. The number of β-amino-alcohol motifs (C(OH)–C–C–N with tert-alkyl or cyclic N) is 1. The lowest BCUT2D eigenvalue weighted by atomic mass is 10.3. The van der Waals surface area contributed by atoms with Gasteiger partial charge in [0, 0.05) is 26.1 Å². The molecule has 7 nitrogen and oxygen atoms in total. The predicted octanol–water partition coefficient (Wildman–Crippen LogP) is 0.827. The molecule has 2 aromatic rings. The first-order valence-electron chi connectivity index (χ1n) is 7.67. The number of fused-ring (bicyclic) bond motifs is 1. The highest BCUT2D eigenvalue weighted by Gasteiger charge is 2.22. The molecule has 3 rings (SSSR count). The van der Waals surface area contributed by atoms with E-state index in [1.54, 1.807) is 6.26 Å². The van der Waals surface area contributed by atoms with Gasteiger partial charge in [-0.2, -0.15) is 0 Å². The quantitative estimate of drug-likeness (QED) is 0.816. The van der Waals surface area contributed by atoms with E-state index < -0.39 is 6.10 Å². The lowest BCUT2D eigenvalue weighted by Gasteiger charge is -2.29. The van der Waals surface area contributed by atoms with Gasteiger partial charge in [0.2, 0.25) is 0 Å². The van der Waals surface area contributed by atoms with Crippen molar-refractivity contribution in [1.29, 1.82) is 0 Å². The second-order valence-electron chi connectivity index (χ2n) is 5.52. The summed E-state index contributed by atoms with van der Waals surface area (Å²) in [5.74, 6) is 2.79. The summed E-state index contributed by atoms with van der Waals surface area (Å²) in [7, 11) is 0. The number of aryl methyl sites for hydroxylation is 1. The fourth-order valence-electron chi connectivity index (χ4n) is 2.73. The molecule has 0 aromatic carbocycles. The average molecular weight is 306 g/mol. The van der Waals surface area contributed by atoms with Gasteiger partial charge in [-0.1, -0.05) is 6.92 Å². The molecule has 3 heterocycles. The molecular weight excluding hydrogens is 284 g/mol. The Balaban J connectivity index is 1.43. The number of aliphatic hydroxyl groups excluding tert-OH is 1. The maximum absolute atomic E-state index is 10.1. The van der Waals surface area contributed by atoms with Crippen molar-refractivity contribution < 1.29 is 14.3 Å². The maximum Gasteiger partial charge on any atom is 0.147 e. The Morgan fingerprint density at radius 2 is 2.32 bits per heavy atom. The molecule has 0 radical (unpaired) electrons. The summed E-state index contributed by atoms with van der Waals surface area (Å²) in [5.41, 5.74) is 0. The standard InChI is InChI=1S/C15H22N4O3/c1-2-14-16-17-15-9-18(5-6-19(14)15)8-12(20)10-21-11-13-4-3-7-22-13/h3-4,7,12,20H,2,5-6,8-11H2,1H3/t12-/m0/s1. The molecule has 0 amide bonds. The van der Waals surface area contributed by atoms with Crippen molar-refractivity contribution in [2.45, 2.75) is 39.1 Å². The molecule has 120 valence electrons. The van der Waals surface area contributed by atoms with E-state index in [1.165, 1.54) is 0 Å². The lowest BCUT2D eigenvalue weighted by molar-refractivity contribution is 0.000918. The monoisotopic (exact) mass is 306 g/mol. The molecule has 1 aliphatic heterocycles. The molecule has 0 fully saturated rings. The number of aliphatic hydroxyl groups is 1. The van der Waals surface area contributed by atoms with Crippen LogP contribution in [0.25, 0.3) is 0 Å². The third-order valence-corrected chi connectivity index (χ3v) is 3.83. The van der Waals surface area contributed by atoms with E-state index in [0.717, 1.165) is 43.5 Å². The van der Waals surface area contributed by atoms with Crippen LogP contribution in [0.3, 0.4) is 0 Å². The maximum atomic E-state index is 10.1. The molecular formula is C15H22N4O3. The molecule has 0 unspecified atom stereocenters. The van der Waals surface area contributed by atoms with Gasteiger partial charge in [-0.3, -0.25) is 4.90 Å². The van der Waals surface area contributed by atoms with Gasteiger partial charge in [-0.25, -0.2) is 0 Å². The molecule has 22 heavy (non-hydrogen) atoms. The van der Waals surface area contributed by atoms with Crippen molar-refractivity contribution in [3.8, 4) is 0 Å². The summed E-state index contributed by atoms with van der Waals surface area (Å²) in [6, 6.07) is 3.68. The van der Waals surface area contributed by atoms with Crippen LogP contribution in [0.5, 0.6) is 0 Å². The molecule has 1 aliphatic rings. The number of hydrogen-bond donors (Lipinski definition) is 1. The zero-order chi connectivity index (χ0) is 15.4. The summed E-state index contributed by atoms with van der Waals surface area (Å²) >= 11 is 0. The summed E-state index contributed by atoms with van der Waals surface area (Å²) in [6.07, 6.45) is 2.00. The van der Waals surface area contributed by atoms with Crippen LogP contribution in [0.2, 0.25) is 0 Å². The molecule has 0 spiro atoms. The second-order valence-corrected chi connectivity index (χ2v) is 5.52. The first-order valence-corrected chi connectivity index (χ1v) is 7.67. The SMILES string of the molecule is CCc1nnc2n1CCN(C[C@H](O)COCc1ccco1)C2. The minimum atomic E-state index is -0.518. The number of nitrogens with zero attached hydrogens (tertiary/aromatic N) is 4. The Bertz CT molecular complexity index is 582. The highest BCUT2D eigenvalue weighted by atomic mass is 16.5. The summed E-state index contributed by atoms with van der Waals surface area (Å²) in [5, 5.41) is 18.5. The Morgan fingerprint density at radius 1 is 1.41 bits per heavy atom. The minimum Gasteiger partial charge on any atom is -0.467 e. The first-order chi connectivity index (χ1) is 10.8. The van der Waals surface area contributed by atoms with Crippen molar-refractivity contribution in [1.82, 2.24) is 19.7 Å². The second kappa shape index (κ2) is 7.04. The van der Waals surface area contributed by atoms with E-state index in [1.807, 2.05) is 12.1 Å². The van der Waals surface area contributed by atoms with E-state index in [-0.39, 0.29) is 0 Å². The first kappa shape index (κ1) is 15.2. The Labute approximate surface area is 129 Å². The van der Waals surface area contributed by atoms with Crippen LogP contribution < -0.4 is 0 Å². The Morgan fingerprint density at radius 3 is 3.09 bits per heavy atom. The lowest BCUT2D eigenvalue weighted by Crippen LogP contribution is -2.40. The van der Waals surface area contributed by atoms with E-state index in [4.69, 9.17) is 9.15 Å². The fraction of sp³-hybridized carbons (Fsp3) is 0.600. The van der Waals surface area contributed by atoms with Crippen LogP contribution in [0.1, 0.15) is 24.3 Å². The number of aromatic nitrogens is 3. The number of hydrogen-bond acceptors (Lipinski definition) is 6. The highest BCUT2D eigenvalue weighted by molar-refractivity contribution is 4.99. The molecule has 0 saturated heterocycles. The van der Waals surface area contributed by atoms with Crippen LogP contribution in [0.4, 0.5) is 0 Å². The smallest absolute Gasteiger partial charge is 0.147 e. The van der Waals surface area contributed by atoms with Crippen LogP contribution in [0.15, 0.2) is 22.8 Å². The molecule has 7 heteroatoms. The van der Waals surface area contributed by atoms with Gasteiger partial charge in [-0.15, -0.1) is 10.2 Å². The molecule has 0 bridgehead atoms. The fourth-order valence-corrected chi connectivity index (χ4v) is 2.73. The summed E-state index contributed by atoms with van der Waals surface area (Å²) in [4.78, 5) is 2.18. The molecule has 1 atom stereocenters. The summed E-state index contributed by atoms with van der Waals surface area (Å²) in [6.45, 7) is 5.85. The third kappa shape index (κ3) is 3.55. The van der Waals surface area contributed by atoms with Gasteiger partial charge >= 0.3 is 0 Å². The van der Waals surface area contributed by atoms with E-state index in [2.05, 4.69) is 26.6 Å². The van der Waals surface area contributed by atoms with Crippen molar-refractivity contribution in [3.05, 3.63) is 35.8 Å². The van der Waals surface area contributed by atoms with Gasteiger partial charge in [0.05, 0.1) is 25.5 Å². The van der Waals surface area contributed by atoms with Gasteiger partial charge in [0.25, 0.3) is 0 Å². The molecule has 2 aromatic heterocycles. The van der Waals surface area contributed by atoms with Crippen molar-refractivity contribution >= 4 is 0 Å². The average Bonchev–Trinajstić information content (AvgIpc) is 3.15. The van der Waals surface area contributed by atoms with Crippen molar-refractivity contribution in [3.63, 3.8) is 0 Å².